The first kappa shape index (κ1) is 12.7. The smallest absolute Gasteiger partial charge is 0.164 e. The van der Waals surface area contributed by atoms with Crippen LogP contribution >= 0.6 is 0 Å². The normalized spacial score (nSPS) is 35.1. The lowest BCUT2D eigenvalue weighted by Crippen LogP contribution is -2.49. The van der Waals surface area contributed by atoms with Crippen LogP contribution in [0.2, 0.25) is 0 Å². The number of ketones is 1. The SMILES string of the molecule is CCC(=O)C1(OC)CC(C)CC(C)(C)C1. The van der Waals surface area contributed by atoms with Crippen molar-refractivity contribution >= 4 is 5.78 Å². The van der Waals surface area contributed by atoms with Crippen molar-refractivity contribution in [1.29, 1.82) is 0 Å². The van der Waals surface area contributed by atoms with Crippen molar-refractivity contribution in [2.75, 3.05) is 7.11 Å². The Balaban J connectivity index is 2.93. The highest BCUT2D eigenvalue weighted by Gasteiger charge is 2.47. The number of ether oxygens (including phenoxy) is 1. The van der Waals surface area contributed by atoms with Gasteiger partial charge in [-0.2, -0.15) is 0 Å². The van der Waals surface area contributed by atoms with Crippen molar-refractivity contribution in [1.82, 2.24) is 0 Å². The summed E-state index contributed by atoms with van der Waals surface area (Å²) in [6.45, 7) is 8.62. The third-order valence-electron chi connectivity index (χ3n) is 3.56. The van der Waals surface area contributed by atoms with E-state index in [1.54, 1.807) is 7.11 Å². The summed E-state index contributed by atoms with van der Waals surface area (Å²) in [4.78, 5) is 12.0. The Hall–Kier alpha value is -0.370. The average molecular weight is 212 g/mol. The Morgan fingerprint density at radius 1 is 1.40 bits per heavy atom. The topological polar surface area (TPSA) is 26.3 Å². The molecular weight excluding hydrogens is 188 g/mol. The molecule has 0 spiro atoms. The minimum Gasteiger partial charge on any atom is -0.370 e. The fourth-order valence-corrected chi connectivity index (χ4v) is 3.30. The molecule has 0 radical (unpaired) electrons. The van der Waals surface area contributed by atoms with Crippen LogP contribution < -0.4 is 0 Å². The summed E-state index contributed by atoms with van der Waals surface area (Å²) in [5.74, 6) is 0.842. The van der Waals surface area contributed by atoms with Crippen LogP contribution in [0.1, 0.15) is 53.4 Å². The second-order valence-electron chi connectivity index (χ2n) is 5.83. The Labute approximate surface area is 93.4 Å². The molecule has 0 N–H and O–H groups in total. The van der Waals surface area contributed by atoms with Crippen LogP contribution in [0.25, 0.3) is 0 Å². The van der Waals surface area contributed by atoms with Crippen molar-refractivity contribution in [2.45, 2.75) is 59.0 Å². The van der Waals surface area contributed by atoms with E-state index in [0.717, 1.165) is 12.8 Å². The van der Waals surface area contributed by atoms with Gasteiger partial charge in [-0.1, -0.05) is 27.7 Å². The lowest BCUT2D eigenvalue weighted by molar-refractivity contribution is -0.153. The van der Waals surface area contributed by atoms with Gasteiger partial charge in [0.05, 0.1) is 0 Å². The molecule has 2 nitrogen and oxygen atoms in total. The molecule has 15 heavy (non-hydrogen) atoms. The van der Waals surface area contributed by atoms with Gasteiger partial charge in [-0.25, -0.2) is 0 Å². The quantitative estimate of drug-likeness (QED) is 0.718. The summed E-state index contributed by atoms with van der Waals surface area (Å²) < 4.78 is 5.59. The standard InChI is InChI=1S/C13H24O2/c1-6-11(14)13(15-5)8-10(2)7-12(3,4)9-13/h10H,6-9H2,1-5H3. The van der Waals surface area contributed by atoms with Crippen LogP contribution in [-0.4, -0.2) is 18.5 Å². The number of methoxy groups -OCH3 is 1. The van der Waals surface area contributed by atoms with Gasteiger partial charge in [-0.3, -0.25) is 4.79 Å². The predicted molar refractivity (Wildman–Crippen MR) is 61.8 cm³/mol. The molecular formula is C13H24O2. The van der Waals surface area contributed by atoms with Crippen LogP contribution in [0.5, 0.6) is 0 Å². The first-order valence-electron chi connectivity index (χ1n) is 5.94. The van der Waals surface area contributed by atoms with Crippen molar-refractivity contribution < 1.29 is 9.53 Å². The second kappa shape index (κ2) is 4.25. The number of hydrogen-bond acceptors (Lipinski definition) is 2. The van der Waals surface area contributed by atoms with E-state index in [1.807, 2.05) is 6.92 Å². The Morgan fingerprint density at radius 2 is 2.00 bits per heavy atom. The van der Waals surface area contributed by atoms with E-state index in [0.29, 0.717) is 12.3 Å². The van der Waals surface area contributed by atoms with Crippen LogP contribution in [0.15, 0.2) is 0 Å². The molecule has 0 aromatic rings. The first-order valence-corrected chi connectivity index (χ1v) is 5.94. The number of Topliss-reactive ketones (excluding diaryl/α,β-unsaturated/α-hetero) is 1. The number of carbonyl (C=O) groups is 1. The summed E-state index contributed by atoms with van der Waals surface area (Å²) in [5, 5.41) is 0. The van der Waals surface area contributed by atoms with E-state index in [1.165, 1.54) is 6.42 Å². The minimum absolute atomic E-state index is 0.221. The monoisotopic (exact) mass is 212 g/mol. The molecule has 2 unspecified atom stereocenters. The summed E-state index contributed by atoms with van der Waals surface area (Å²) >= 11 is 0. The molecule has 1 saturated carbocycles. The zero-order chi connectivity index (χ0) is 11.7. The summed E-state index contributed by atoms with van der Waals surface area (Å²) in [6.07, 6.45) is 3.53. The zero-order valence-electron chi connectivity index (χ0n) is 10.7. The molecule has 1 aliphatic rings. The van der Waals surface area contributed by atoms with Crippen molar-refractivity contribution in [3.8, 4) is 0 Å². The van der Waals surface area contributed by atoms with E-state index in [2.05, 4.69) is 20.8 Å². The highest BCUT2D eigenvalue weighted by atomic mass is 16.5. The third kappa shape index (κ3) is 2.60. The van der Waals surface area contributed by atoms with Gasteiger partial charge in [0.15, 0.2) is 5.78 Å². The Kier molecular flexibility index (Phi) is 3.59. The maximum Gasteiger partial charge on any atom is 0.164 e. The molecule has 1 rings (SSSR count). The first-order chi connectivity index (χ1) is 6.85. The lowest BCUT2D eigenvalue weighted by Gasteiger charge is -2.45. The fourth-order valence-electron chi connectivity index (χ4n) is 3.30. The van der Waals surface area contributed by atoms with E-state index < -0.39 is 5.60 Å². The third-order valence-corrected chi connectivity index (χ3v) is 3.56. The number of carbonyl (C=O) groups excluding carboxylic acids is 1. The highest BCUT2D eigenvalue weighted by molar-refractivity contribution is 5.87. The maximum atomic E-state index is 12.0. The Morgan fingerprint density at radius 3 is 2.40 bits per heavy atom. The predicted octanol–water partition coefficient (Wildman–Crippen LogP) is 3.20. The van der Waals surface area contributed by atoms with Gasteiger partial charge in [0, 0.05) is 13.5 Å². The zero-order valence-corrected chi connectivity index (χ0v) is 10.7. The molecule has 0 aliphatic heterocycles. The lowest BCUT2D eigenvalue weighted by atomic mass is 9.64. The van der Waals surface area contributed by atoms with Crippen LogP contribution in [-0.2, 0) is 9.53 Å². The van der Waals surface area contributed by atoms with E-state index in [9.17, 15) is 4.79 Å². The van der Waals surface area contributed by atoms with E-state index in [-0.39, 0.29) is 11.2 Å². The van der Waals surface area contributed by atoms with Gasteiger partial charge in [0.2, 0.25) is 0 Å². The van der Waals surface area contributed by atoms with Crippen molar-refractivity contribution in [2.24, 2.45) is 11.3 Å². The highest BCUT2D eigenvalue weighted by Crippen LogP contribution is 2.46. The average Bonchev–Trinajstić information content (AvgIpc) is 2.13. The van der Waals surface area contributed by atoms with E-state index >= 15 is 0 Å². The second-order valence-corrected chi connectivity index (χ2v) is 5.83. The minimum atomic E-state index is -0.504. The maximum absolute atomic E-state index is 12.0. The van der Waals surface area contributed by atoms with Crippen LogP contribution in [0, 0.1) is 11.3 Å². The van der Waals surface area contributed by atoms with Crippen molar-refractivity contribution in [3.63, 3.8) is 0 Å². The molecule has 2 heteroatoms. The molecule has 0 saturated heterocycles. The van der Waals surface area contributed by atoms with Gasteiger partial charge in [0.1, 0.15) is 5.60 Å². The molecule has 0 aromatic heterocycles. The van der Waals surface area contributed by atoms with Crippen molar-refractivity contribution in [3.05, 3.63) is 0 Å². The molecule has 88 valence electrons. The molecule has 2 atom stereocenters. The molecule has 0 heterocycles. The summed E-state index contributed by atoms with van der Waals surface area (Å²) in [5.41, 5.74) is -0.283. The van der Waals surface area contributed by atoms with Gasteiger partial charge < -0.3 is 4.74 Å². The molecule has 0 aromatic carbocycles. The Bertz CT molecular complexity index is 245. The van der Waals surface area contributed by atoms with Gasteiger partial charge in [-0.05, 0) is 30.6 Å². The molecule has 0 amide bonds. The van der Waals surface area contributed by atoms with Crippen LogP contribution in [0.4, 0.5) is 0 Å². The van der Waals surface area contributed by atoms with Gasteiger partial charge in [0.25, 0.3) is 0 Å². The number of rotatable bonds is 3. The summed E-state index contributed by atoms with van der Waals surface area (Å²) in [6, 6.07) is 0. The van der Waals surface area contributed by atoms with Gasteiger partial charge >= 0.3 is 0 Å². The van der Waals surface area contributed by atoms with Crippen LogP contribution in [0.3, 0.4) is 0 Å². The largest absolute Gasteiger partial charge is 0.370 e. The fraction of sp³-hybridized carbons (Fsp3) is 0.923. The molecule has 1 fully saturated rings. The summed E-state index contributed by atoms with van der Waals surface area (Å²) in [7, 11) is 1.68. The van der Waals surface area contributed by atoms with Gasteiger partial charge in [-0.15, -0.1) is 0 Å². The molecule has 0 bridgehead atoms. The molecule has 1 aliphatic carbocycles. The van der Waals surface area contributed by atoms with E-state index in [4.69, 9.17) is 4.74 Å². The number of hydrogen-bond donors (Lipinski definition) is 0.